The minimum absolute atomic E-state index is 0.0208. The second-order valence-corrected chi connectivity index (χ2v) is 11.0. The number of fused-ring (bicyclic) bond motifs is 1. The Labute approximate surface area is 255 Å². The summed E-state index contributed by atoms with van der Waals surface area (Å²) in [4.78, 5) is 46.7. The fourth-order valence-electron chi connectivity index (χ4n) is 4.95. The van der Waals surface area contributed by atoms with Gasteiger partial charge in [-0.15, -0.1) is 11.3 Å². The highest BCUT2D eigenvalue weighted by Gasteiger charge is 2.50. The van der Waals surface area contributed by atoms with E-state index in [2.05, 4.69) is 20.7 Å². The maximum Gasteiger partial charge on any atom is 0.407 e. The second kappa shape index (κ2) is 12.5. The Kier molecular flexibility index (Phi) is 8.78. The van der Waals surface area contributed by atoms with Crippen molar-refractivity contribution in [3.05, 3.63) is 74.8 Å². The van der Waals surface area contributed by atoms with Gasteiger partial charge in [0.25, 0.3) is 0 Å². The summed E-state index contributed by atoms with van der Waals surface area (Å²) in [6, 6.07) is 4.10. The molecule has 0 unspecified atom stereocenters. The molecule has 0 bridgehead atoms. The van der Waals surface area contributed by atoms with Crippen LogP contribution in [0.25, 0.3) is 5.57 Å². The van der Waals surface area contributed by atoms with Gasteiger partial charge in [0, 0.05) is 46.1 Å². The van der Waals surface area contributed by atoms with E-state index in [4.69, 9.17) is 31.2 Å². The van der Waals surface area contributed by atoms with Crippen LogP contribution in [0.15, 0.2) is 52.7 Å². The summed E-state index contributed by atoms with van der Waals surface area (Å²) in [7, 11) is 1.14. The van der Waals surface area contributed by atoms with Crippen LogP contribution >= 0.6 is 22.9 Å². The summed E-state index contributed by atoms with van der Waals surface area (Å²) in [6.07, 6.45) is 0.654. The molecule has 0 spiro atoms. The molecule has 1 aromatic carbocycles. The zero-order chi connectivity index (χ0) is 31.6. The summed E-state index contributed by atoms with van der Waals surface area (Å²) in [5, 5.41) is 19.9. The zero-order valence-corrected chi connectivity index (χ0v) is 24.2. The number of carbonyl (C=O) groups is 3. The summed E-state index contributed by atoms with van der Waals surface area (Å²) in [5.74, 6) is -1.58. The van der Waals surface area contributed by atoms with E-state index >= 15 is 0 Å². The van der Waals surface area contributed by atoms with Gasteiger partial charge in [0.15, 0.2) is 10.8 Å². The summed E-state index contributed by atoms with van der Waals surface area (Å²) in [5.41, 5.74) is -0.174. The lowest BCUT2D eigenvalue weighted by Crippen LogP contribution is -2.55. The number of benzene rings is 1. The number of carbonyl (C=O) groups excluding carboxylic acids is 2. The first kappa shape index (κ1) is 30.8. The maximum absolute atomic E-state index is 14.1. The Morgan fingerprint density at radius 1 is 1.27 bits per heavy atom. The number of nitrogens with one attached hydrogen (secondary N) is 2. The zero-order valence-electron chi connectivity index (χ0n) is 22.7. The molecule has 44 heavy (non-hydrogen) atoms. The Morgan fingerprint density at radius 2 is 2.07 bits per heavy atom. The molecule has 18 heteroatoms. The highest BCUT2D eigenvalue weighted by atomic mass is 35.5. The van der Waals surface area contributed by atoms with Crippen LogP contribution in [-0.4, -0.2) is 81.1 Å². The number of nitrogens with zero attached hydrogens (tertiary/aromatic N) is 5. The smallest absolute Gasteiger partial charge is 0.407 e. The van der Waals surface area contributed by atoms with Gasteiger partial charge in [0.1, 0.15) is 30.5 Å². The number of alkyl halides is 2. The molecule has 232 valence electrons. The van der Waals surface area contributed by atoms with E-state index in [0.29, 0.717) is 32.4 Å². The van der Waals surface area contributed by atoms with Gasteiger partial charge in [0.2, 0.25) is 0 Å². The number of ether oxygens (including phenoxy) is 2. The maximum atomic E-state index is 14.1. The van der Waals surface area contributed by atoms with Gasteiger partial charge in [0.05, 0.1) is 19.3 Å². The molecule has 2 aliphatic rings. The lowest BCUT2D eigenvalue weighted by Gasteiger charge is -2.32. The van der Waals surface area contributed by atoms with Crippen molar-refractivity contribution < 1.29 is 42.1 Å². The predicted molar refractivity (Wildman–Crippen MR) is 150 cm³/mol. The lowest BCUT2D eigenvalue weighted by molar-refractivity contribution is -0.135. The highest BCUT2D eigenvalue weighted by Crippen LogP contribution is 2.48. The molecule has 4 heterocycles. The average molecular weight is 654 g/mol. The molecule has 2 atom stereocenters. The van der Waals surface area contributed by atoms with E-state index in [1.165, 1.54) is 29.5 Å². The van der Waals surface area contributed by atoms with E-state index in [-0.39, 0.29) is 23.7 Å². The van der Waals surface area contributed by atoms with Crippen molar-refractivity contribution in [1.29, 1.82) is 0 Å². The SMILES string of the molecule is COC(=O)N[C@]1(COC(=O)NCC(=O)O)CC2=C(c3ccn(C(F)F)n3)[C@H](c3ccc(F)cc3Cl)N=C(c3nccs3)N2C1. The second-order valence-electron chi connectivity index (χ2n) is 9.66. The van der Waals surface area contributed by atoms with Crippen LogP contribution in [-0.2, 0) is 14.3 Å². The van der Waals surface area contributed by atoms with Crippen LogP contribution in [0.2, 0.25) is 5.02 Å². The molecule has 2 aliphatic heterocycles. The third-order valence-corrected chi connectivity index (χ3v) is 7.86. The summed E-state index contributed by atoms with van der Waals surface area (Å²) < 4.78 is 51.9. The van der Waals surface area contributed by atoms with E-state index < -0.39 is 55.3 Å². The predicted octanol–water partition coefficient (Wildman–Crippen LogP) is 4.05. The highest BCUT2D eigenvalue weighted by molar-refractivity contribution is 7.11. The van der Waals surface area contributed by atoms with Gasteiger partial charge in [-0.3, -0.25) is 9.79 Å². The number of hydrogen-bond acceptors (Lipinski definition) is 10. The number of halogens is 4. The first-order chi connectivity index (χ1) is 21.0. The van der Waals surface area contributed by atoms with Crippen LogP contribution in [0.4, 0.5) is 22.8 Å². The Morgan fingerprint density at radius 3 is 2.70 bits per heavy atom. The van der Waals surface area contributed by atoms with E-state index in [0.717, 1.165) is 19.4 Å². The number of aliphatic carboxylic acids is 1. The Hall–Kier alpha value is -4.64. The standard InChI is InChI=1S/C26H23ClF3N7O6S/c1-42-25(41)34-26(12-43-24(40)32-10-18(38)39)9-17-19(16-4-6-37(35-16)23(29)30)20(14-3-2-13(28)8-15(14)27)33-21(36(17)11-26)22-31-5-7-44-22/h2-8,20,23H,9-12H2,1H3,(H,32,40)(H,34,41)(H,38,39)/t20-,26+/m0/s1. The molecule has 3 aromatic rings. The lowest BCUT2D eigenvalue weighted by atomic mass is 9.90. The average Bonchev–Trinajstić information content (AvgIpc) is 3.75. The third-order valence-electron chi connectivity index (χ3n) is 6.76. The minimum atomic E-state index is -2.95. The van der Waals surface area contributed by atoms with Gasteiger partial charge in [-0.1, -0.05) is 17.7 Å². The molecule has 5 rings (SSSR count). The van der Waals surface area contributed by atoms with Crippen LogP contribution in [0.3, 0.4) is 0 Å². The number of aliphatic imine (C=N–C) groups is 1. The van der Waals surface area contributed by atoms with Gasteiger partial charge in [-0.2, -0.15) is 13.9 Å². The van der Waals surface area contributed by atoms with Crippen molar-refractivity contribution in [3.8, 4) is 0 Å². The number of thiazole rings is 1. The van der Waals surface area contributed by atoms with Crippen molar-refractivity contribution in [2.45, 2.75) is 24.6 Å². The number of carboxylic acids is 1. The normalized spacial score (nSPS) is 19.5. The molecule has 2 aromatic heterocycles. The van der Waals surface area contributed by atoms with Crippen LogP contribution in [0.1, 0.15) is 35.3 Å². The van der Waals surface area contributed by atoms with Crippen molar-refractivity contribution >= 4 is 52.5 Å². The quantitative estimate of drug-likeness (QED) is 0.310. The van der Waals surface area contributed by atoms with Crippen LogP contribution in [0, 0.1) is 5.82 Å². The fourth-order valence-corrected chi connectivity index (χ4v) is 5.86. The first-order valence-electron chi connectivity index (χ1n) is 12.8. The van der Waals surface area contributed by atoms with E-state index in [1.54, 1.807) is 16.5 Å². The van der Waals surface area contributed by atoms with Gasteiger partial charge >= 0.3 is 24.7 Å². The topological polar surface area (TPSA) is 160 Å². The Balaban J connectivity index is 1.67. The molecule has 0 saturated carbocycles. The molecular formula is C26H23ClF3N7O6S. The number of hydrogen-bond donors (Lipinski definition) is 3. The van der Waals surface area contributed by atoms with Crippen LogP contribution in [0.5, 0.6) is 0 Å². The van der Waals surface area contributed by atoms with Gasteiger partial charge in [-0.05, 0) is 18.2 Å². The van der Waals surface area contributed by atoms with Crippen molar-refractivity contribution in [2.75, 3.05) is 26.8 Å². The minimum Gasteiger partial charge on any atom is -0.480 e. The van der Waals surface area contributed by atoms with E-state index in [9.17, 15) is 27.6 Å². The fraction of sp³-hybridized carbons (Fsp3) is 0.308. The molecule has 13 nitrogen and oxygen atoms in total. The number of methoxy groups -OCH3 is 1. The molecule has 0 radical (unpaired) electrons. The van der Waals surface area contributed by atoms with Gasteiger partial charge in [-0.25, -0.2) is 23.6 Å². The number of carboxylic acid groups (broad SMARTS) is 1. The van der Waals surface area contributed by atoms with Crippen LogP contribution < -0.4 is 10.6 Å². The number of aromatic nitrogens is 3. The number of alkyl carbamates (subject to hydrolysis) is 2. The Bertz CT molecular complexity index is 1650. The summed E-state index contributed by atoms with van der Waals surface area (Å²) in [6.45, 7) is -4.17. The van der Waals surface area contributed by atoms with Crippen molar-refractivity contribution in [3.63, 3.8) is 0 Å². The molecule has 3 N–H and O–H groups in total. The van der Waals surface area contributed by atoms with E-state index in [1.807, 2.05) is 0 Å². The third kappa shape index (κ3) is 6.33. The van der Waals surface area contributed by atoms with Crippen molar-refractivity contribution in [2.24, 2.45) is 4.99 Å². The molecule has 2 amide bonds. The molecular weight excluding hydrogens is 631 g/mol. The van der Waals surface area contributed by atoms with Gasteiger partial charge < -0.3 is 30.1 Å². The number of rotatable bonds is 9. The molecule has 1 fully saturated rings. The molecule has 1 saturated heterocycles. The monoisotopic (exact) mass is 653 g/mol. The van der Waals surface area contributed by atoms with Crippen molar-refractivity contribution in [1.82, 2.24) is 30.3 Å². The summed E-state index contributed by atoms with van der Waals surface area (Å²) >= 11 is 7.74. The largest absolute Gasteiger partial charge is 0.480 e. The first-order valence-corrected chi connectivity index (χ1v) is 14.0. The number of amidine groups is 1. The molecule has 0 aliphatic carbocycles. The number of amides is 2.